The molecule has 0 aliphatic heterocycles. The van der Waals surface area contributed by atoms with Gasteiger partial charge in [-0.15, -0.1) is 0 Å². The average Bonchev–Trinajstić information content (AvgIpc) is 2.47. The Labute approximate surface area is 118 Å². The molecule has 1 heterocycles. The Kier molecular flexibility index (Phi) is 4.70. The van der Waals surface area contributed by atoms with Gasteiger partial charge in [0.15, 0.2) is 0 Å². The Hall–Kier alpha value is -2.38. The van der Waals surface area contributed by atoms with Gasteiger partial charge in [0, 0.05) is 0 Å². The van der Waals surface area contributed by atoms with E-state index in [1.807, 2.05) is 18.2 Å². The molecule has 0 radical (unpaired) electrons. The van der Waals surface area contributed by atoms with E-state index in [0.717, 1.165) is 12.1 Å². The molecular weight excluding hydrogens is 250 g/mol. The van der Waals surface area contributed by atoms with Crippen molar-refractivity contribution in [1.82, 2.24) is 4.98 Å². The Morgan fingerprint density at radius 1 is 1.35 bits per heavy atom. The van der Waals surface area contributed by atoms with Crippen molar-refractivity contribution in [2.75, 3.05) is 11.9 Å². The minimum Gasteiger partial charge on any atom is -0.394 e. The maximum Gasteiger partial charge on any atom is 0.140 e. The molecule has 0 unspecified atom stereocenters. The van der Waals surface area contributed by atoms with Crippen molar-refractivity contribution < 1.29 is 5.11 Å². The number of aliphatic hydroxyl groups excluding tert-OH is 1. The first-order valence-electron chi connectivity index (χ1n) is 6.50. The molecular formula is C16H17N3O. The number of aliphatic hydroxyl groups is 1. The van der Waals surface area contributed by atoms with Crippen LogP contribution in [0.1, 0.15) is 16.8 Å². The third kappa shape index (κ3) is 3.81. The fourth-order valence-electron chi connectivity index (χ4n) is 2.07. The van der Waals surface area contributed by atoms with Crippen molar-refractivity contribution in [2.24, 2.45) is 0 Å². The molecule has 20 heavy (non-hydrogen) atoms. The van der Waals surface area contributed by atoms with Gasteiger partial charge in [-0.3, -0.25) is 0 Å². The van der Waals surface area contributed by atoms with Crippen molar-refractivity contribution in [1.29, 1.82) is 5.26 Å². The van der Waals surface area contributed by atoms with Crippen molar-refractivity contribution in [3.63, 3.8) is 0 Å². The lowest BCUT2D eigenvalue weighted by atomic mass is 10.0. The van der Waals surface area contributed by atoms with Crippen LogP contribution in [-0.2, 0) is 6.42 Å². The summed E-state index contributed by atoms with van der Waals surface area (Å²) < 4.78 is 0. The lowest BCUT2D eigenvalue weighted by Crippen LogP contribution is -2.26. The number of anilines is 1. The standard InChI is InChI=1S/C16H17N3O/c1-12-3-2-4-13(7-12)8-16(11-20)19-15-6-5-14(9-17)18-10-15/h2-7,10,16,19-20H,8,11H2,1H3/t16-/m1/s1. The summed E-state index contributed by atoms with van der Waals surface area (Å²) in [4.78, 5) is 4.00. The number of hydrogen-bond acceptors (Lipinski definition) is 4. The highest BCUT2D eigenvalue weighted by Crippen LogP contribution is 2.12. The van der Waals surface area contributed by atoms with Crippen LogP contribution in [0.3, 0.4) is 0 Å². The summed E-state index contributed by atoms with van der Waals surface area (Å²) in [6.45, 7) is 2.09. The van der Waals surface area contributed by atoms with E-state index >= 15 is 0 Å². The molecule has 0 aliphatic rings. The van der Waals surface area contributed by atoms with Gasteiger partial charge in [0.05, 0.1) is 24.5 Å². The average molecular weight is 267 g/mol. The SMILES string of the molecule is Cc1cccc(C[C@H](CO)Nc2ccc(C#N)nc2)c1. The number of rotatable bonds is 5. The highest BCUT2D eigenvalue weighted by atomic mass is 16.3. The predicted molar refractivity (Wildman–Crippen MR) is 78.3 cm³/mol. The van der Waals surface area contributed by atoms with Crippen molar-refractivity contribution >= 4 is 5.69 Å². The molecule has 0 aliphatic carbocycles. The second kappa shape index (κ2) is 6.69. The van der Waals surface area contributed by atoms with Gasteiger partial charge >= 0.3 is 0 Å². The molecule has 0 saturated heterocycles. The van der Waals surface area contributed by atoms with Gasteiger partial charge in [-0.05, 0) is 31.0 Å². The van der Waals surface area contributed by atoms with Crippen LogP contribution in [0.15, 0.2) is 42.6 Å². The van der Waals surface area contributed by atoms with Gasteiger partial charge in [0.1, 0.15) is 11.8 Å². The zero-order valence-electron chi connectivity index (χ0n) is 11.4. The zero-order chi connectivity index (χ0) is 14.4. The maximum absolute atomic E-state index is 9.48. The second-order valence-electron chi connectivity index (χ2n) is 4.76. The van der Waals surface area contributed by atoms with Crippen molar-refractivity contribution in [3.05, 3.63) is 59.4 Å². The Balaban J connectivity index is 2.03. The number of pyridine rings is 1. The molecule has 1 aromatic heterocycles. The summed E-state index contributed by atoms with van der Waals surface area (Å²) in [5.41, 5.74) is 3.57. The van der Waals surface area contributed by atoms with Crippen LogP contribution in [-0.4, -0.2) is 22.7 Å². The summed E-state index contributed by atoms with van der Waals surface area (Å²) in [6, 6.07) is 13.6. The summed E-state index contributed by atoms with van der Waals surface area (Å²) in [5, 5.41) is 21.4. The Morgan fingerprint density at radius 2 is 2.20 bits per heavy atom. The van der Waals surface area contributed by atoms with Crippen LogP contribution in [0.25, 0.3) is 0 Å². The number of nitriles is 1. The zero-order valence-corrected chi connectivity index (χ0v) is 11.4. The van der Waals surface area contributed by atoms with Gasteiger partial charge in [0.25, 0.3) is 0 Å². The molecule has 4 nitrogen and oxygen atoms in total. The minimum atomic E-state index is -0.0773. The van der Waals surface area contributed by atoms with Crippen LogP contribution in [0.5, 0.6) is 0 Å². The molecule has 0 fully saturated rings. The fourth-order valence-corrected chi connectivity index (χ4v) is 2.07. The van der Waals surface area contributed by atoms with E-state index in [2.05, 4.69) is 29.4 Å². The first-order chi connectivity index (χ1) is 9.71. The summed E-state index contributed by atoms with van der Waals surface area (Å²) >= 11 is 0. The molecule has 0 spiro atoms. The highest BCUT2D eigenvalue weighted by Gasteiger charge is 2.09. The number of hydrogen-bond donors (Lipinski definition) is 2. The fraction of sp³-hybridized carbons (Fsp3) is 0.250. The molecule has 0 bridgehead atoms. The minimum absolute atomic E-state index is 0.0357. The smallest absolute Gasteiger partial charge is 0.140 e. The number of benzene rings is 1. The first kappa shape index (κ1) is 14.0. The van der Waals surface area contributed by atoms with Gasteiger partial charge in [-0.25, -0.2) is 4.98 Å². The van der Waals surface area contributed by atoms with Crippen LogP contribution >= 0.6 is 0 Å². The van der Waals surface area contributed by atoms with Gasteiger partial charge in [0.2, 0.25) is 0 Å². The third-order valence-corrected chi connectivity index (χ3v) is 3.03. The monoisotopic (exact) mass is 267 g/mol. The summed E-state index contributed by atoms with van der Waals surface area (Å²) in [7, 11) is 0. The van der Waals surface area contributed by atoms with E-state index in [4.69, 9.17) is 5.26 Å². The van der Waals surface area contributed by atoms with E-state index in [9.17, 15) is 5.11 Å². The molecule has 102 valence electrons. The molecule has 4 heteroatoms. The van der Waals surface area contributed by atoms with Crippen LogP contribution in [0.2, 0.25) is 0 Å². The van der Waals surface area contributed by atoms with Crippen LogP contribution < -0.4 is 5.32 Å². The first-order valence-corrected chi connectivity index (χ1v) is 6.50. The molecule has 2 aromatic rings. The van der Waals surface area contributed by atoms with Gasteiger partial charge in [-0.1, -0.05) is 29.8 Å². The van der Waals surface area contributed by atoms with Crippen molar-refractivity contribution in [3.8, 4) is 6.07 Å². The molecule has 2 N–H and O–H groups in total. The van der Waals surface area contributed by atoms with Crippen molar-refractivity contribution in [2.45, 2.75) is 19.4 Å². The van der Waals surface area contributed by atoms with E-state index < -0.39 is 0 Å². The third-order valence-electron chi connectivity index (χ3n) is 3.03. The topological polar surface area (TPSA) is 68.9 Å². The molecule has 0 saturated carbocycles. The summed E-state index contributed by atoms with van der Waals surface area (Å²) in [5.74, 6) is 0. The molecule has 2 rings (SSSR count). The highest BCUT2D eigenvalue weighted by molar-refractivity contribution is 5.44. The van der Waals surface area contributed by atoms with E-state index in [-0.39, 0.29) is 12.6 Å². The Bertz CT molecular complexity index is 602. The lowest BCUT2D eigenvalue weighted by molar-refractivity contribution is 0.273. The second-order valence-corrected chi connectivity index (χ2v) is 4.76. The number of aryl methyl sites for hydroxylation is 1. The molecule has 0 amide bonds. The van der Waals surface area contributed by atoms with Crippen LogP contribution in [0, 0.1) is 18.3 Å². The number of nitrogens with zero attached hydrogens (tertiary/aromatic N) is 2. The predicted octanol–water partition coefficient (Wildman–Crippen LogP) is 2.28. The van der Waals surface area contributed by atoms with Crippen LogP contribution in [0.4, 0.5) is 5.69 Å². The molecule has 1 aromatic carbocycles. The maximum atomic E-state index is 9.48. The van der Waals surface area contributed by atoms with E-state index in [1.165, 1.54) is 11.1 Å². The summed E-state index contributed by atoms with van der Waals surface area (Å²) in [6.07, 6.45) is 2.34. The quantitative estimate of drug-likeness (QED) is 0.872. The van der Waals surface area contributed by atoms with Gasteiger partial charge < -0.3 is 10.4 Å². The number of aromatic nitrogens is 1. The van der Waals surface area contributed by atoms with Gasteiger partial charge in [-0.2, -0.15) is 5.26 Å². The number of nitrogens with one attached hydrogen (secondary N) is 1. The van der Waals surface area contributed by atoms with E-state index in [0.29, 0.717) is 5.69 Å². The Morgan fingerprint density at radius 3 is 2.80 bits per heavy atom. The van der Waals surface area contributed by atoms with E-state index in [1.54, 1.807) is 18.3 Å². The lowest BCUT2D eigenvalue weighted by Gasteiger charge is -2.17. The molecule has 1 atom stereocenters. The largest absolute Gasteiger partial charge is 0.394 e. The normalized spacial score (nSPS) is 11.7.